The summed E-state index contributed by atoms with van der Waals surface area (Å²) < 4.78 is 0. The highest BCUT2D eigenvalue weighted by molar-refractivity contribution is 5.77. The summed E-state index contributed by atoms with van der Waals surface area (Å²) in [6.45, 7) is 10.3. The molecule has 0 unspecified atom stereocenters. The molecule has 1 saturated heterocycles. The Morgan fingerprint density at radius 2 is 1.79 bits per heavy atom. The van der Waals surface area contributed by atoms with Crippen molar-refractivity contribution in [2.75, 3.05) is 45.2 Å². The monoisotopic (exact) mass is 387 g/mol. The Hall–Kier alpha value is -1.69. The van der Waals surface area contributed by atoms with Crippen LogP contribution in [-0.2, 0) is 4.79 Å². The van der Waals surface area contributed by atoms with Crippen LogP contribution in [0.25, 0.3) is 0 Å². The van der Waals surface area contributed by atoms with Gasteiger partial charge in [-0.2, -0.15) is 0 Å². The van der Waals surface area contributed by atoms with E-state index in [0.29, 0.717) is 29.7 Å². The molecule has 2 heterocycles. The lowest BCUT2D eigenvalue weighted by atomic mass is 9.60. The number of likely N-dealkylation sites (tertiary alicyclic amines) is 1. The second-order valence-corrected chi connectivity index (χ2v) is 9.23. The summed E-state index contributed by atoms with van der Waals surface area (Å²) in [5, 5.41) is 0. The first-order valence-electron chi connectivity index (χ1n) is 10.8. The van der Waals surface area contributed by atoms with Gasteiger partial charge in [0.05, 0.1) is 18.1 Å². The van der Waals surface area contributed by atoms with E-state index in [-0.39, 0.29) is 0 Å². The van der Waals surface area contributed by atoms with Gasteiger partial charge in [-0.3, -0.25) is 4.79 Å². The van der Waals surface area contributed by atoms with E-state index >= 15 is 0 Å². The van der Waals surface area contributed by atoms with Crippen molar-refractivity contribution in [2.45, 2.75) is 64.8 Å². The average molecular weight is 388 g/mol. The first kappa shape index (κ1) is 21.0. The predicted molar refractivity (Wildman–Crippen MR) is 114 cm³/mol. The second-order valence-electron chi connectivity index (χ2n) is 9.23. The van der Waals surface area contributed by atoms with Crippen molar-refractivity contribution >= 4 is 11.6 Å². The van der Waals surface area contributed by atoms with E-state index in [1.165, 1.54) is 25.7 Å². The Kier molecular flexibility index (Phi) is 6.58. The molecule has 1 saturated carbocycles. The Morgan fingerprint density at radius 3 is 2.36 bits per heavy atom. The third-order valence-corrected chi connectivity index (χ3v) is 6.54. The summed E-state index contributed by atoms with van der Waals surface area (Å²) in [5.74, 6) is 1.59. The molecule has 1 aliphatic carbocycles. The number of hydrogen-bond donors (Lipinski definition) is 0. The number of anilines is 1. The first-order chi connectivity index (χ1) is 13.3. The van der Waals surface area contributed by atoms with Crippen LogP contribution in [-0.4, -0.2) is 72.0 Å². The van der Waals surface area contributed by atoms with Gasteiger partial charge in [0.2, 0.25) is 5.91 Å². The summed E-state index contributed by atoms with van der Waals surface area (Å²) in [6.07, 6.45) is 9.41. The molecule has 0 atom stereocenters. The van der Waals surface area contributed by atoms with E-state index in [0.717, 1.165) is 37.7 Å². The maximum Gasteiger partial charge on any atom is 0.222 e. The Balaban J connectivity index is 1.30. The number of nitrogens with zero attached hydrogens (tertiary/aromatic N) is 5. The van der Waals surface area contributed by atoms with Crippen molar-refractivity contribution < 1.29 is 4.79 Å². The van der Waals surface area contributed by atoms with Gasteiger partial charge in [-0.15, -0.1) is 0 Å². The van der Waals surface area contributed by atoms with E-state index in [2.05, 4.69) is 47.7 Å². The van der Waals surface area contributed by atoms with Gasteiger partial charge in [-0.1, -0.05) is 20.8 Å². The minimum Gasteiger partial charge on any atom is -0.372 e. The van der Waals surface area contributed by atoms with Gasteiger partial charge in [-0.25, -0.2) is 9.97 Å². The number of hydrogen-bond acceptors (Lipinski definition) is 5. The van der Waals surface area contributed by atoms with Crippen LogP contribution in [0.5, 0.6) is 0 Å². The number of amides is 1. The lowest BCUT2D eigenvalue weighted by Gasteiger charge is -2.60. The molecule has 0 N–H and O–H groups in total. The van der Waals surface area contributed by atoms with Gasteiger partial charge in [0.15, 0.2) is 0 Å². The maximum atomic E-state index is 11.7. The number of aromatic nitrogens is 2. The fraction of sp³-hybridized carbons (Fsp3) is 0.773. The summed E-state index contributed by atoms with van der Waals surface area (Å²) in [4.78, 5) is 27.4. The maximum absolute atomic E-state index is 11.7. The molecule has 1 aromatic heterocycles. The van der Waals surface area contributed by atoms with Gasteiger partial charge < -0.3 is 14.7 Å². The summed E-state index contributed by atoms with van der Waals surface area (Å²) in [6, 6.07) is 0.702. The highest BCUT2D eigenvalue weighted by Gasteiger charge is 2.54. The zero-order chi connectivity index (χ0) is 20.3. The third-order valence-electron chi connectivity index (χ3n) is 6.54. The molecule has 156 valence electrons. The number of carbonyl (C=O) groups excluding carboxylic acids is 1. The molecule has 1 spiro atoms. The van der Waals surface area contributed by atoms with Crippen LogP contribution in [0.1, 0.15) is 64.6 Å². The van der Waals surface area contributed by atoms with Crippen molar-refractivity contribution in [3.05, 3.63) is 18.2 Å². The van der Waals surface area contributed by atoms with Crippen LogP contribution in [0.2, 0.25) is 0 Å². The summed E-state index contributed by atoms with van der Waals surface area (Å²) in [5.41, 5.74) is 1.54. The van der Waals surface area contributed by atoms with Crippen molar-refractivity contribution in [3.63, 3.8) is 0 Å². The lowest BCUT2D eigenvalue weighted by molar-refractivity contribution is -0.156. The Bertz CT molecular complexity index is 645. The fourth-order valence-electron chi connectivity index (χ4n) is 4.52. The highest BCUT2D eigenvalue weighted by atomic mass is 16.2. The Morgan fingerprint density at radius 1 is 1.18 bits per heavy atom. The summed E-state index contributed by atoms with van der Waals surface area (Å²) in [7, 11) is 4.38. The van der Waals surface area contributed by atoms with Gasteiger partial charge in [-0.05, 0) is 39.3 Å². The first-order valence-corrected chi connectivity index (χ1v) is 10.8. The molecule has 6 nitrogen and oxygen atoms in total. The van der Waals surface area contributed by atoms with Crippen LogP contribution < -0.4 is 4.90 Å². The largest absolute Gasteiger partial charge is 0.372 e. The van der Waals surface area contributed by atoms with Crippen molar-refractivity contribution in [2.24, 2.45) is 5.41 Å². The molecule has 0 bridgehead atoms. The molecule has 1 aromatic rings. The molecule has 2 fully saturated rings. The zero-order valence-electron chi connectivity index (χ0n) is 18.3. The standard InChI is InChI=1S/C22H37N5O/c1-6-20(28)27-15-22(16-27)11-18(12-22)25(4)9-7-8-10-26(5)19-13-23-21(17(2)3)24-14-19/h13-14,17-18H,6-12,15-16H2,1-5H3. The molecule has 28 heavy (non-hydrogen) atoms. The van der Waals surface area contributed by atoms with Gasteiger partial charge in [0.1, 0.15) is 5.82 Å². The quantitative estimate of drug-likeness (QED) is 0.609. The van der Waals surface area contributed by atoms with Crippen LogP contribution in [0.4, 0.5) is 5.69 Å². The van der Waals surface area contributed by atoms with E-state index in [1.54, 1.807) is 0 Å². The van der Waals surface area contributed by atoms with E-state index in [1.807, 2.05) is 24.2 Å². The molecule has 3 rings (SSSR count). The number of carbonyl (C=O) groups is 1. The van der Waals surface area contributed by atoms with Crippen molar-refractivity contribution in [3.8, 4) is 0 Å². The van der Waals surface area contributed by atoms with Crippen molar-refractivity contribution in [1.29, 1.82) is 0 Å². The van der Waals surface area contributed by atoms with Gasteiger partial charge in [0.25, 0.3) is 0 Å². The zero-order valence-corrected chi connectivity index (χ0v) is 18.3. The molecule has 0 radical (unpaired) electrons. The van der Waals surface area contributed by atoms with Crippen LogP contribution >= 0.6 is 0 Å². The van der Waals surface area contributed by atoms with Gasteiger partial charge in [0, 0.05) is 50.5 Å². The van der Waals surface area contributed by atoms with E-state index < -0.39 is 0 Å². The molecule has 1 aliphatic heterocycles. The smallest absolute Gasteiger partial charge is 0.222 e. The molecular formula is C22H37N5O. The minimum atomic E-state index is 0.316. The van der Waals surface area contributed by atoms with E-state index in [4.69, 9.17) is 0 Å². The van der Waals surface area contributed by atoms with E-state index in [9.17, 15) is 4.79 Å². The van der Waals surface area contributed by atoms with Crippen LogP contribution in [0, 0.1) is 5.41 Å². The fourth-order valence-corrected chi connectivity index (χ4v) is 4.52. The molecular weight excluding hydrogens is 350 g/mol. The van der Waals surface area contributed by atoms with Crippen LogP contribution in [0.15, 0.2) is 12.4 Å². The minimum absolute atomic E-state index is 0.316. The molecule has 2 aliphatic rings. The molecule has 0 aromatic carbocycles. The third kappa shape index (κ3) is 4.65. The topological polar surface area (TPSA) is 52.6 Å². The molecule has 1 amide bonds. The van der Waals surface area contributed by atoms with Crippen molar-refractivity contribution in [1.82, 2.24) is 19.8 Å². The summed E-state index contributed by atoms with van der Waals surface area (Å²) >= 11 is 0. The number of unbranched alkanes of at least 4 members (excludes halogenated alkanes) is 1. The molecule has 6 heteroatoms. The second kappa shape index (κ2) is 8.76. The SMILES string of the molecule is CCC(=O)N1CC2(CC(N(C)CCCCN(C)c3cnc(C(C)C)nc3)C2)C1. The Labute approximate surface area is 170 Å². The van der Waals surface area contributed by atoms with Crippen LogP contribution in [0.3, 0.4) is 0 Å². The normalized spacial score (nSPS) is 18.5. The average Bonchev–Trinajstić information content (AvgIpc) is 2.62. The number of rotatable bonds is 9. The highest BCUT2D eigenvalue weighted by Crippen LogP contribution is 2.50. The van der Waals surface area contributed by atoms with Gasteiger partial charge >= 0.3 is 0 Å². The lowest BCUT2D eigenvalue weighted by Crippen LogP contribution is -2.67. The predicted octanol–water partition coefficient (Wildman–Crippen LogP) is 3.15.